The third kappa shape index (κ3) is 14.9. The number of methoxy groups -OCH3 is 1. The van der Waals surface area contributed by atoms with Gasteiger partial charge in [0.05, 0.1) is 25.6 Å². The van der Waals surface area contributed by atoms with Gasteiger partial charge in [-0.05, 0) is 19.3 Å². The van der Waals surface area contributed by atoms with Crippen LogP contribution in [0, 0.1) is 11.8 Å². The van der Waals surface area contributed by atoms with Gasteiger partial charge in [0.25, 0.3) is 0 Å². The molecule has 5 nitrogen and oxygen atoms in total. The Bertz CT molecular complexity index is 383. The Morgan fingerprint density at radius 3 is 1.86 bits per heavy atom. The molecule has 2 unspecified atom stereocenters. The zero-order valence-electron chi connectivity index (χ0n) is 18.8. The quantitative estimate of drug-likeness (QED) is 0.206. The molecule has 0 bridgehead atoms. The maximum Gasteiger partial charge on any atom is 0.308 e. The summed E-state index contributed by atoms with van der Waals surface area (Å²) in [4.78, 5) is 23.6. The molecule has 0 aromatic heterocycles. The normalized spacial score (nSPS) is 13.1. The molecule has 0 spiro atoms. The van der Waals surface area contributed by atoms with Gasteiger partial charge in [-0.15, -0.1) is 0 Å². The lowest BCUT2D eigenvalue weighted by molar-refractivity contribution is -0.152. The second-order valence-electron chi connectivity index (χ2n) is 7.73. The largest absolute Gasteiger partial charge is 0.469 e. The first-order chi connectivity index (χ1) is 13.6. The lowest BCUT2D eigenvalue weighted by atomic mass is 9.94. The van der Waals surface area contributed by atoms with Crippen molar-refractivity contribution in [1.82, 2.24) is 0 Å². The molecule has 0 amide bonds. The van der Waals surface area contributed by atoms with Crippen LogP contribution in [0.15, 0.2) is 0 Å². The van der Waals surface area contributed by atoms with Crippen molar-refractivity contribution < 1.29 is 23.8 Å². The maximum absolute atomic E-state index is 12.0. The fourth-order valence-corrected chi connectivity index (χ4v) is 3.26. The molecule has 0 fully saturated rings. The van der Waals surface area contributed by atoms with Crippen LogP contribution >= 0.6 is 0 Å². The van der Waals surface area contributed by atoms with E-state index in [0.717, 1.165) is 13.0 Å². The molecule has 2 atom stereocenters. The molecular weight excluding hydrogens is 356 g/mol. The van der Waals surface area contributed by atoms with E-state index in [0.29, 0.717) is 19.4 Å². The van der Waals surface area contributed by atoms with Crippen molar-refractivity contribution in [3.05, 3.63) is 0 Å². The highest BCUT2D eigenvalue weighted by Gasteiger charge is 2.24. The van der Waals surface area contributed by atoms with Gasteiger partial charge < -0.3 is 14.2 Å². The van der Waals surface area contributed by atoms with Gasteiger partial charge in [-0.3, -0.25) is 9.59 Å². The topological polar surface area (TPSA) is 61.8 Å². The lowest BCUT2D eigenvalue weighted by Gasteiger charge is -2.17. The van der Waals surface area contributed by atoms with E-state index in [9.17, 15) is 9.59 Å². The van der Waals surface area contributed by atoms with E-state index in [1.807, 2.05) is 6.92 Å². The molecule has 0 aliphatic rings. The molecular formula is C23H44O5. The number of ether oxygens (including phenoxy) is 3. The molecule has 0 rings (SSSR count). The van der Waals surface area contributed by atoms with Crippen LogP contribution in [0.4, 0.5) is 0 Å². The van der Waals surface area contributed by atoms with Crippen LogP contribution < -0.4 is 0 Å². The highest BCUT2D eigenvalue weighted by atomic mass is 16.6. The van der Waals surface area contributed by atoms with Gasteiger partial charge in [-0.25, -0.2) is 0 Å². The second-order valence-corrected chi connectivity index (χ2v) is 7.73. The summed E-state index contributed by atoms with van der Waals surface area (Å²) in [6, 6.07) is 0. The second kappa shape index (κ2) is 19.2. The molecule has 28 heavy (non-hydrogen) atoms. The van der Waals surface area contributed by atoms with Crippen LogP contribution in [-0.4, -0.2) is 38.9 Å². The number of rotatable bonds is 19. The van der Waals surface area contributed by atoms with E-state index in [2.05, 4.69) is 6.92 Å². The Hall–Kier alpha value is -1.10. The summed E-state index contributed by atoms with van der Waals surface area (Å²) < 4.78 is 15.5. The van der Waals surface area contributed by atoms with Crippen LogP contribution in [0.1, 0.15) is 97.8 Å². The number of hydrogen-bond donors (Lipinski definition) is 0. The number of hydrogen-bond acceptors (Lipinski definition) is 5. The fraction of sp³-hybridized carbons (Fsp3) is 0.913. The van der Waals surface area contributed by atoms with Crippen molar-refractivity contribution in [3.8, 4) is 0 Å². The third-order valence-electron chi connectivity index (χ3n) is 5.18. The number of unbranched alkanes of at least 4 members (excludes halogenated alkanes) is 9. The number of esters is 2. The van der Waals surface area contributed by atoms with Crippen molar-refractivity contribution in [1.29, 1.82) is 0 Å². The summed E-state index contributed by atoms with van der Waals surface area (Å²) in [5, 5.41) is 0. The van der Waals surface area contributed by atoms with Gasteiger partial charge in [0.15, 0.2) is 0 Å². The minimum absolute atomic E-state index is 0.250. The number of carbonyl (C=O) groups excluding carboxylic acids is 2. The third-order valence-corrected chi connectivity index (χ3v) is 5.18. The molecule has 0 aromatic carbocycles. The molecule has 0 aliphatic heterocycles. The standard InChI is InChI=1S/C23H44O5/c1-5-7-8-9-10-11-12-13-14-15-16-27-17-18-28-22(24)20(3)19-21(6-2)23(25)26-4/h20-21H,5-19H2,1-4H3. The van der Waals surface area contributed by atoms with Crippen LogP contribution in [0.25, 0.3) is 0 Å². The first-order valence-electron chi connectivity index (χ1n) is 11.4. The summed E-state index contributed by atoms with van der Waals surface area (Å²) in [5.41, 5.74) is 0. The Labute approximate surface area is 172 Å². The van der Waals surface area contributed by atoms with E-state index in [-0.39, 0.29) is 30.4 Å². The molecule has 0 aliphatic carbocycles. The van der Waals surface area contributed by atoms with Crippen molar-refractivity contribution in [2.75, 3.05) is 26.9 Å². The van der Waals surface area contributed by atoms with Crippen molar-refractivity contribution in [3.63, 3.8) is 0 Å². The Kier molecular flexibility index (Phi) is 18.5. The average molecular weight is 401 g/mol. The minimum Gasteiger partial charge on any atom is -0.469 e. The Morgan fingerprint density at radius 2 is 1.32 bits per heavy atom. The van der Waals surface area contributed by atoms with E-state index < -0.39 is 0 Å². The van der Waals surface area contributed by atoms with Gasteiger partial charge in [-0.2, -0.15) is 0 Å². The SMILES string of the molecule is CCCCCCCCCCCCOCCOC(=O)C(C)CC(CC)C(=O)OC. The monoisotopic (exact) mass is 400 g/mol. The molecule has 0 saturated heterocycles. The molecule has 0 saturated carbocycles. The molecule has 0 heterocycles. The molecule has 0 radical (unpaired) electrons. The fourth-order valence-electron chi connectivity index (χ4n) is 3.26. The highest BCUT2D eigenvalue weighted by Crippen LogP contribution is 2.18. The van der Waals surface area contributed by atoms with Crippen molar-refractivity contribution in [2.24, 2.45) is 11.8 Å². The summed E-state index contributed by atoms with van der Waals surface area (Å²) >= 11 is 0. The zero-order valence-corrected chi connectivity index (χ0v) is 18.8. The van der Waals surface area contributed by atoms with Crippen LogP contribution in [-0.2, 0) is 23.8 Å². The molecule has 0 N–H and O–H groups in total. The van der Waals surface area contributed by atoms with E-state index >= 15 is 0 Å². The lowest BCUT2D eigenvalue weighted by Crippen LogP contribution is -2.24. The maximum atomic E-state index is 12.0. The zero-order chi connectivity index (χ0) is 21.0. The molecule has 0 aromatic rings. The van der Waals surface area contributed by atoms with Gasteiger partial charge in [0.2, 0.25) is 0 Å². The Morgan fingerprint density at radius 1 is 0.750 bits per heavy atom. The van der Waals surface area contributed by atoms with E-state index in [1.165, 1.54) is 64.9 Å². The first-order valence-corrected chi connectivity index (χ1v) is 11.4. The van der Waals surface area contributed by atoms with Crippen LogP contribution in [0.5, 0.6) is 0 Å². The predicted molar refractivity (Wildman–Crippen MR) is 113 cm³/mol. The van der Waals surface area contributed by atoms with Gasteiger partial charge >= 0.3 is 11.9 Å². The highest BCUT2D eigenvalue weighted by molar-refractivity contribution is 5.75. The van der Waals surface area contributed by atoms with Crippen LogP contribution in [0.3, 0.4) is 0 Å². The minimum atomic E-state index is -0.314. The van der Waals surface area contributed by atoms with Gasteiger partial charge in [-0.1, -0.05) is 78.6 Å². The summed E-state index contributed by atoms with van der Waals surface area (Å²) in [7, 11) is 1.37. The van der Waals surface area contributed by atoms with Gasteiger partial charge in [0, 0.05) is 6.61 Å². The Balaban J connectivity index is 3.50. The summed E-state index contributed by atoms with van der Waals surface area (Å²) in [6.45, 7) is 7.39. The van der Waals surface area contributed by atoms with Gasteiger partial charge in [0.1, 0.15) is 6.61 Å². The first kappa shape index (κ1) is 26.9. The predicted octanol–water partition coefficient (Wildman–Crippen LogP) is 5.69. The van der Waals surface area contributed by atoms with E-state index in [4.69, 9.17) is 14.2 Å². The smallest absolute Gasteiger partial charge is 0.308 e. The van der Waals surface area contributed by atoms with Crippen LogP contribution in [0.2, 0.25) is 0 Å². The van der Waals surface area contributed by atoms with E-state index in [1.54, 1.807) is 6.92 Å². The van der Waals surface area contributed by atoms with Crippen molar-refractivity contribution >= 4 is 11.9 Å². The summed E-state index contributed by atoms with van der Waals surface area (Å²) in [6.07, 6.45) is 14.2. The average Bonchev–Trinajstić information content (AvgIpc) is 2.71. The molecule has 166 valence electrons. The molecule has 5 heteroatoms. The number of carbonyl (C=O) groups is 2. The summed E-state index contributed by atoms with van der Waals surface area (Å²) in [5.74, 6) is -1.10. The van der Waals surface area contributed by atoms with Crippen molar-refractivity contribution in [2.45, 2.75) is 97.8 Å².